The lowest BCUT2D eigenvalue weighted by Crippen LogP contribution is -2.58. The Morgan fingerprint density at radius 2 is 1.74 bits per heavy atom. The third-order valence-electron chi connectivity index (χ3n) is 6.43. The van der Waals surface area contributed by atoms with Crippen LogP contribution in [0.4, 0.5) is 22.9 Å². The van der Waals surface area contributed by atoms with Gasteiger partial charge in [-0.15, -0.1) is 0 Å². The van der Waals surface area contributed by atoms with E-state index in [9.17, 15) is 0 Å². The Balaban J connectivity index is 1.50. The van der Waals surface area contributed by atoms with Crippen LogP contribution in [0, 0.1) is 0 Å². The maximum absolute atomic E-state index is 6.17. The average Bonchev–Trinajstić information content (AvgIpc) is 3.29. The zero-order valence-electron chi connectivity index (χ0n) is 17.9. The van der Waals surface area contributed by atoms with Crippen molar-refractivity contribution in [1.29, 1.82) is 0 Å². The molecular weight excluding hydrogens is 383 g/mol. The Hall–Kier alpha value is -3.67. The molecular formula is C25H23BN4O. The van der Waals surface area contributed by atoms with Crippen LogP contribution in [0.15, 0.2) is 82.8 Å². The molecule has 0 N–H and O–H groups in total. The first kappa shape index (κ1) is 18.1. The fraction of sp³-hybridized carbons (Fsp3) is 0.160. The van der Waals surface area contributed by atoms with Crippen LogP contribution in [0.1, 0.15) is 19.6 Å². The van der Waals surface area contributed by atoms with E-state index in [1.54, 1.807) is 0 Å². The van der Waals surface area contributed by atoms with Crippen molar-refractivity contribution in [2.75, 3.05) is 21.6 Å². The number of aromatic nitrogens is 1. The molecule has 2 aromatic carbocycles. The van der Waals surface area contributed by atoms with E-state index in [1.807, 2.05) is 24.4 Å². The number of anilines is 4. The van der Waals surface area contributed by atoms with E-state index in [-0.39, 0.29) is 13.1 Å². The molecule has 0 spiro atoms. The van der Waals surface area contributed by atoms with Gasteiger partial charge in [-0.05, 0) is 63.4 Å². The van der Waals surface area contributed by atoms with Gasteiger partial charge >= 0.3 is 6.98 Å². The van der Waals surface area contributed by atoms with Crippen molar-refractivity contribution in [3.05, 3.63) is 84.2 Å². The van der Waals surface area contributed by atoms with Gasteiger partial charge in [0.2, 0.25) is 0 Å². The fourth-order valence-corrected chi connectivity index (χ4v) is 5.17. The van der Waals surface area contributed by atoms with Crippen LogP contribution in [0.25, 0.3) is 17.0 Å². The Kier molecular flexibility index (Phi) is 3.90. The second kappa shape index (κ2) is 6.67. The van der Waals surface area contributed by atoms with Crippen molar-refractivity contribution in [1.82, 2.24) is 4.98 Å². The molecule has 0 saturated carbocycles. The van der Waals surface area contributed by atoms with E-state index in [0.717, 1.165) is 33.9 Å². The van der Waals surface area contributed by atoms with E-state index < -0.39 is 0 Å². The van der Waals surface area contributed by atoms with E-state index >= 15 is 0 Å². The lowest BCUT2D eigenvalue weighted by molar-refractivity contribution is 0.603. The molecule has 0 unspecified atom stereocenters. The summed E-state index contributed by atoms with van der Waals surface area (Å²) in [7, 11) is 2.16. The maximum atomic E-state index is 6.17. The van der Waals surface area contributed by atoms with Crippen molar-refractivity contribution in [3.8, 4) is 0 Å². The monoisotopic (exact) mass is 406 g/mol. The van der Waals surface area contributed by atoms with Gasteiger partial charge in [-0.25, -0.2) is 4.98 Å². The summed E-state index contributed by atoms with van der Waals surface area (Å²) in [5.41, 5.74) is 5.58. The number of para-hydroxylation sites is 2. The molecule has 31 heavy (non-hydrogen) atoms. The highest BCUT2D eigenvalue weighted by Gasteiger charge is 2.46. The predicted octanol–water partition coefficient (Wildman–Crippen LogP) is 5.71. The van der Waals surface area contributed by atoms with Crippen molar-refractivity contribution < 1.29 is 4.42 Å². The van der Waals surface area contributed by atoms with Gasteiger partial charge in [0.05, 0.1) is 17.5 Å². The van der Waals surface area contributed by atoms with Crippen molar-refractivity contribution in [2.45, 2.75) is 20.0 Å². The molecule has 152 valence electrons. The van der Waals surface area contributed by atoms with E-state index in [4.69, 9.17) is 9.40 Å². The molecule has 0 saturated heterocycles. The topological polar surface area (TPSA) is 35.8 Å². The molecule has 4 heterocycles. The number of benzene rings is 2. The molecule has 1 atom stereocenters. The van der Waals surface area contributed by atoms with Gasteiger partial charge in [0.15, 0.2) is 0 Å². The lowest BCUT2D eigenvalue weighted by atomic mass is 9.61. The first-order chi connectivity index (χ1) is 15.1. The lowest BCUT2D eigenvalue weighted by Gasteiger charge is -2.40. The fourth-order valence-electron chi connectivity index (χ4n) is 5.17. The zero-order valence-corrected chi connectivity index (χ0v) is 17.9. The highest BCUT2D eigenvalue weighted by atomic mass is 16.3. The number of hydrogen-bond acceptors (Lipinski definition) is 5. The van der Waals surface area contributed by atoms with Crippen LogP contribution < -0.4 is 14.5 Å². The van der Waals surface area contributed by atoms with Crippen LogP contribution in [0.5, 0.6) is 0 Å². The molecule has 2 aliphatic heterocycles. The minimum atomic E-state index is 0.0332. The summed E-state index contributed by atoms with van der Waals surface area (Å²) in [4.78, 5) is 11.9. The third kappa shape index (κ3) is 2.54. The predicted molar refractivity (Wildman–Crippen MR) is 129 cm³/mol. The molecule has 0 bridgehead atoms. The Labute approximate surface area is 182 Å². The van der Waals surface area contributed by atoms with E-state index in [0.29, 0.717) is 0 Å². The standard InChI is InChI=1S/C25H23BN4O/c1-17-16-23-24(20-12-7-8-14-22(20)31-23)28(3)26(17)30-18(2)29(19-10-5-4-6-11-19)21-13-9-15-27-25(21)30/h4-16,18H,1-3H3/t18-/m0/s1. The first-order valence-electron chi connectivity index (χ1n) is 10.7. The van der Waals surface area contributed by atoms with Gasteiger partial charge in [0.1, 0.15) is 17.2 Å². The highest BCUT2D eigenvalue weighted by Crippen LogP contribution is 2.46. The van der Waals surface area contributed by atoms with Crippen molar-refractivity contribution in [2.24, 2.45) is 0 Å². The van der Waals surface area contributed by atoms with E-state index in [2.05, 4.69) is 90.0 Å². The van der Waals surface area contributed by atoms with Gasteiger partial charge in [0.25, 0.3) is 0 Å². The van der Waals surface area contributed by atoms with Gasteiger partial charge in [0, 0.05) is 17.3 Å². The SMILES string of the molecule is CC1=Cc2oc3ccccc3c2N(C)B1N1c2ncccc2N(c2ccccc2)[C@@H]1C. The largest absolute Gasteiger partial charge is 0.455 e. The Morgan fingerprint density at radius 1 is 0.968 bits per heavy atom. The molecule has 0 amide bonds. The minimum Gasteiger partial charge on any atom is -0.455 e. The first-order valence-corrected chi connectivity index (χ1v) is 10.7. The Morgan fingerprint density at radius 3 is 2.58 bits per heavy atom. The van der Waals surface area contributed by atoms with Crippen LogP contribution in [-0.2, 0) is 0 Å². The summed E-state index contributed by atoms with van der Waals surface area (Å²) >= 11 is 0. The number of allylic oxidation sites excluding steroid dienone is 1. The number of pyridine rings is 1. The second-order valence-corrected chi connectivity index (χ2v) is 8.27. The van der Waals surface area contributed by atoms with Crippen molar-refractivity contribution in [3.63, 3.8) is 0 Å². The number of hydrogen-bond donors (Lipinski definition) is 0. The van der Waals surface area contributed by atoms with Crippen LogP contribution in [0.3, 0.4) is 0 Å². The second-order valence-electron chi connectivity index (χ2n) is 8.27. The molecule has 6 heteroatoms. The quantitative estimate of drug-likeness (QED) is 0.399. The molecule has 4 aromatic rings. The van der Waals surface area contributed by atoms with Crippen LogP contribution in [0.2, 0.25) is 0 Å². The van der Waals surface area contributed by atoms with Crippen LogP contribution >= 0.6 is 0 Å². The summed E-state index contributed by atoms with van der Waals surface area (Å²) in [6, 6.07) is 23.0. The highest BCUT2D eigenvalue weighted by molar-refractivity contribution is 6.76. The number of rotatable bonds is 2. The summed E-state index contributed by atoms with van der Waals surface area (Å²) in [6.07, 6.45) is 4.16. The number of furan rings is 1. The third-order valence-corrected chi connectivity index (χ3v) is 6.43. The van der Waals surface area contributed by atoms with Gasteiger partial charge in [-0.2, -0.15) is 0 Å². The molecule has 0 fully saturated rings. The Bertz CT molecular complexity index is 1320. The normalized spacial score (nSPS) is 17.8. The molecule has 0 radical (unpaired) electrons. The zero-order chi connectivity index (χ0) is 21.1. The molecule has 2 aliphatic rings. The number of nitrogens with zero attached hydrogens (tertiary/aromatic N) is 4. The molecule has 0 aliphatic carbocycles. The van der Waals surface area contributed by atoms with Crippen LogP contribution in [-0.4, -0.2) is 25.2 Å². The van der Waals surface area contributed by atoms with E-state index in [1.165, 1.54) is 11.2 Å². The van der Waals surface area contributed by atoms with Gasteiger partial charge in [-0.1, -0.05) is 35.8 Å². The summed E-state index contributed by atoms with van der Waals surface area (Å²) in [5, 5.41) is 1.14. The maximum Gasteiger partial charge on any atom is 0.409 e. The summed E-state index contributed by atoms with van der Waals surface area (Å²) in [6.45, 7) is 4.46. The number of fused-ring (bicyclic) bond motifs is 4. The molecule has 6 rings (SSSR count). The molecule has 5 nitrogen and oxygen atoms in total. The van der Waals surface area contributed by atoms with Gasteiger partial charge in [-0.3, -0.25) is 0 Å². The average molecular weight is 406 g/mol. The smallest absolute Gasteiger partial charge is 0.409 e. The van der Waals surface area contributed by atoms with Gasteiger partial charge < -0.3 is 18.9 Å². The summed E-state index contributed by atoms with van der Waals surface area (Å²) < 4.78 is 6.17. The summed E-state index contributed by atoms with van der Waals surface area (Å²) in [5.74, 6) is 1.92. The van der Waals surface area contributed by atoms with Crippen molar-refractivity contribution >= 4 is 46.9 Å². The minimum absolute atomic E-state index is 0.0332. The molecule has 2 aromatic heterocycles.